The number of amides is 1. The molecule has 6 heteroatoms. The number of aliphatic hydroxyl groups excluding tert-OH is 1. The number of hydrogen-bond donors (Lipinski definition) is 1. The molecule has 1 heterocycles. The normalized spacial score (nSPS) is 12.5. The summed E-state index contributed by atoms with van der Waals surface area (Å²) in [6, 6.07) is 1.65. The number of ether oxygens (including phenoxy) is 1. The van der Waals surface area contributed by atoms with Crippen LogP contribution in [0.15, 0.2) is 12.3 Å². The van der Waals surface area contributed by atoms with Crippen LogP contribution in [0.5, 0.6) is 0 Å². The second-order valence-electron chi connectivity index (χ2n) is 4.53. The van der Waals surface area contributed by atoms with E-state index in [2.05, 4.69) is 0 Å². The first-order valence-electron chi connectivity index (χ1n) is 6.27. The Balaban J connectivity index is 2.75. The molecule has 1 amide bonds. The van der Waals surface area contributed by atoms with Crippen molar-refractivity contribution in [1.82, 2.24) is 9.47 Å². The summed E-state index contributed by atoms with van der Waals surface area (Å²) >= 11 is 5.94. The van der Waals surface area contributed by atoms with E-state index in [1.165, 1.54) is 12.0 Å². The first-order chi connectivity index (χ1) is 8.99. The van der Waals surface area contributed by atoms with Crippen molar-refractivity contribution in [2.75, 3.05) is 27.3 Å². The Morgan fingerprint density at radius 1 is 1.63 bits per heavy atom. The molecule has 0 aliphatic rings. The van der Waals surface area contributed by atoms with Crippen molar-refractivity contribution in [1.29, 1.82) is 0 Å². The summed E-state index contributed by atoms with van der Waals surface area (Å²) in [6.45, 7) is 3.20. The molecule has 0 fully saturated rings. The van der Waals surface area contributed by atoms with E-state index in [9.17, 15) is 9.90 Å². The summed E-state index contributed by atoms with van der Waals surface area (Å²) in [5.41, 5.74) is 0.541. The number of carbonyl (C=O) groups is 1. The highest BCUT2D eigenvalue weighted by Crippen LogP contribution is 2.16. The summed E-state index contributed by atoms with van der Waals surface area (Å²) in [6.07, 6.45) is 1.97. The Morgan fingerprint density at radius 2 is 2.32 bits per heavy atom. The fourth-order valence-electron chi connectivity index (χ4n) is 1.92. The van der Waals surface area contributed by atoms with Crippen LogP contribution in [-0.4, -0.2) is 53.9 Å². The van der Waals surface area contributed by atoms with Gasteiger partial charge in [0, 0.05) is 33.4 Å². The Kier molecular flexibility index (Phi) is 6.34. The Hall–Kier alpha value is -1.04. The average Bonchev–Trinajstić information content (AvgIpc) is 2.70. The molecular formula is C13H21ClN2O3. The molecule has 0 aliphatic heterocycles. The number of halogens is 1. The number of carbonyl (C=O) groups excluding carboxylic acids is 1. The molecule has 0 aliphatic carbocycles. The highest BCUT2D eigenvalue weighted by atomic mass is 35.5. The summed E-state index contributed by atoms with van der Waals surface area (Å²) < 4.78 is 6.68. The Labute approximate surface area is 118 Å². The van der Waals surface area contributed by atoms with Crippen LogP contribution in [-0.2, 0) is 11.3 Å². The van der Waals surface area contributed by atoms with Crippen LogP contribution in [0.2, 0.25) is 5.02 Å². The average molecular weight is 289 g/mol. The summed E-state index contributed by atoms with van der Waals surface area (Å²) in [5.74, 6) is -0.157. The molecule has 1 aromatic rings. The van der Waals surface area contributed by atoms with E-state index in [4.69, 9.17) is 16.3 Å². The highest BCUT2D eigenvalue weighted by Gasteiger charge is 2.19. The lowest BCUT2D eigenvalue weighted by Crippen LogP contribution is -2.37. The van der Waals surface area contributed by atoms with Gasteiger partial charge in [0.25, 0.3) is 5.91 Å². The van der Waals surface area contributed by atoms with Crippen molar-refractivity contribution in [3.8, 4) is 0 Å². The minimum absolute atomic E-state index is 0.157. The number of aromatic nitrogens is 1. The molecule has 108 valence electrons. The van der Waals surface area contributed by atoms with Gasteiger partial charge in [-0.05, 0) is 12.5 Å². The maximum absolute atomic E-state index is 12.3. The summed E-state index contributed by atoms with van der Waals surface area (Å²) in [4.78, 5) is 13.8. The minimum atomic E-state index is -0.691. The van der Waals surface area contributed by atoms with Gasteiger partial charge in [-0.2, -0.15) is 0 Å². The molecule has 1 atom stereocenters. The van der Waals surface area contributed by atoms with Crippen molar-refractivity contribution < 1.29 is 14.6 Å². The van der Waals surface area contributed by atoms with Crippen molar-refractivity contribution in [2.24, 2.45) is 0 Å². The number of aryl methyl sites for hydroxylation is 1. The Morgan fingerprint density at radius 3 is 2.89 bits per heavy atom. The molecule has 5 nitrogen and oxygen atoms in total. The first-order valence-corrected chi connectivity index (χ1v) is 6.65. The Bertz CT molecular complexity index is 420. The molecule has 1 aromatic heterocycles. The lowest BCUT2D eigenvalue weighted by Gasteiger charge is -2.21. The van der Waals surface area contributed by atoms with Crippen LogP contribution in [0, 0.1) is 0 Å². The van der Waals surface area contributed by atoms with Gasteiger partial charge in [-0.15, -0.1) is 0 Å². The smallest absolute Gasteiger partial charge is 0.270 e. The van der Waals surface area contributed by atoms with Crippen molar-refractivity contribution in [3.05, 3.63) is 23.0 Å². The number of methoxy groups -OCH3 is 1. The quantitative estimate of drug-likeness (QED) is 0.830. The second-order valence-corrected chi connectivity index (χ2v) is 4.97. The molecule has 1 N–H and O–H groups in total. The second kappa shape index (κ2) is 7.53. The third-order valence-corrected chi connectivity index (χ3v) is 2.94. The number of nitrogens with zero attached hydrogens (tertiary/aromatic N) is 2. The van der Waals surface area contributed by atoms with Crippen molar-refractivity contribution in [3.63, 3.8) is 0 Å². The maximum atomic E-state index is 12.3. The van der Waals surface area contributed by atoms with E-state index < -0.39 is 6.10 Å². The van der Waals surface area contributed by atoms with E-state index in [0.29, 0.717) is 10.7 Å². The van der Waals surface area contributed by atoms with Gasteiger partial charge < -0.3 is 19.3 Å². The monoisotopic (exact) mass is 288 g/mol. The fraction of sp³-hybridized carbons (Fsp3) is 0.615. The lowest BCUT2D eigenvalue weighted by molar-refractivity contribution is 0.0376. The van der Waals surface area contributed by atoms with Crippen LogP contribution >= 0.6 is 11.6 Å². The molecule has 0 bridgehead atoms. The maximum Gasteiger partial charge on any atom is 0.270 e. The largest absolute Gasteiger partial charge is 0.389 e. The van der Waals surface area contributed by atoms with Gasteiger partial charge >= 0.3 is 0 Å². The zero-order valence-corrected chi connectivity index (χ0v) is 12.4. The molecule has 1 rings (SSSR count). The van der Waals surface area contributed by atoms with Gasteiger partial charge in [-0.25, -0.2) is 0 Å². The molecule has 0 saturated carbocycles. The molecule has 0 saturated heterocycles. The third-order valence-electron chi connectivity index (χ3n) is 2.74. The van der Waals surface area contributed by atoms with E-state index in [0.717, 1.165) is 13.0 Å². The highest BCUT2D eigenvalue weighted by molar-refractivity contribution is 6.31. The van der Waals surface area contributed by atoms with E-state index >= 15 is 0 Å². The zero-order valence-electron chi connectivity index (χ0n) is 11.6. The predicted octanol–water partition coefficient (Wildman–Crippen LogP) is 1.63. The van der Waals surface area contributed by atoms with Gasteiger partial charge in [0.1, 0.15) is 5.69 Å². The van der Waals surface area contributed by atoms with Crippen molar-refractivity contribution in [2.45, 2.75) is 26.0 Å². The first kappa shape index (κ1) is 16.0. The standard InChI is InChI=1S/C13H21ClN2O3/c1-4-5-16-7-10(14)6-12(16)13(18)15(2)8-11(17)9-19-3/h6-7,11,17H,4-5,8-9H2,1-3H3. The predicted molar refractivity (Wildman–Crippen MR) is 74.6 cm³/mol. The topological polar surface area (TPSA) is 54.7 Å². The van der Waals surface area contributed by atoms with Gasteiger partial charge in [-0.3, -0.25) is 4.79 Å². The van der Waals surface area contributed by atoms with E-state index in [-0.39, 0.29) is 19.1 Å². The molecular weight excluding hydrogens is 268 g/mol. The molecule has 0 aromatic carbocycles. The van der Waals surface area contributed by atoms with Gasteiger partial charge in [0.15, 0.2) is 0 Å². The van der Waals surface area contributed by atoms with Crippen LogP contribution < -0.4 is 0 Å². The third kappa shape index (κ3) is 4.53. The minimum Gasteiger partial charge on any atom is -0.389 e. The lowest BCUT2D eigenvalue weighted by atomic mass is 10.3. The molecule has 1 unspecified atom stereocenters. The van der Waals surface area contributed by atoms with Gasteiger partial charge in [-0.1, -0.05) is 18.5 Å². The van der Waals surface area contributed by atoms with Gasteiger partial charge in [0.2, 0.25) is 0 Å². The van der Waals surface area contributed by atoms with Crippen molar-refractivity contribution >= 4 is 17.5 Å². The number of rotatable bonds is 7. The van der Waals surface area contributed by atoms with Crippen LogP contribution in [0.25, 0.3) is 0 Å². The number of aliphatic hydroxyl groups is 1. The number of likely N-dealkylation sites (N-methyl/N-ethyl adjacent to an activating group) is 1. The van der Waals surface area contributed by atoms with Crippen LogP contribution in [0.1, 0.15) is 23.8 Å². The molecule has 19 heavy (non-hydrogen) atoms. The zero-order chi connectivity index (χ0) is 14.4. The SMILES string of the molecule is CCCn1cc(Cl)cc1C(=O)N(C)CC(O)COC. The van der Waals surface area contributed by atoms with Crippen LogP contribution in [0.3, 0.4) is 0 Å². The van der Waals surface area contributed by atoms with E-state index in [1.807, 2.05) is 11.5 Å². The molecule has 0 spiro atoms. The molecule has 0 radical (unpaired) electrons. The summed E-state index contributed by atoms with van der Waals surface area (Å²) in [5, 5.41) is 10.2. The van der Waals surface area contributed by atoms with Gasteiger partial charge in [0.05, 0.1) is 17.7 Å². The van der Waals surface area contributed by atoms with Crippen LogP contribution in [0.4, 0.5) is 0 Å². The number of hydrogen-bond acceptors (Lipinski definition) is 3. The fourth-order valence-corrected chi connectivity index (χ4v) is 2.14. The van der Waals surface area contributed by atoms with E-state index in [1.54, 1.807) is 19.3 Å². The summed E-state index contributed by atoms with van der Waals surface area (Å²) in [7, 11) is 3.16.